The molecule has 2 aromatic rings. The van der Waals surface area contributed by atoms with Crippen molar-refractivity contribution in [2.24, 2.45) is 0 Å². The Morgan fingerprint density at radius 3 is 2.77 bits per heavy atom. The molecule has 22 heavy (non-hydrogen) atoms. The van der Waals surface area contributed by atoms with Gasteiger partial charge in [-0.2, -0.15) is 0 Å². The number of hydrogen-bond acceptors (Lipinski definition) is 3. The summed E-state index contributed by atoms with van der Waals surface area (Å²) in [6.45, 7) is 0. The van der Waals surface area contributed by atoms with E-state index < -0.39 is 17.9 Å². The SMILES string of the molecule is O=C(N[C@@H](Cc1cc(Cl)ccc1Br)C(=O)O)c1cccnc1. The lowest BCUT2D eigenvalue weighted by molar-refractivity contribution is -0.139. The molecular weight excluding hydrogens is 372 g/mol. The fourth-order valence-electron chi connectivity index (χ4n) is 1.86. The Morgan fingerprint density at radius 1 is 1.36 bits per heavy atom. The van der Waals surface area contributed by atoms with Crippen LogP contribution in [0.1, 0.15) is 15.9 Å². The van der Waals surface area contributed by atoms with Gasteiger partial charge in [-0.3, -0.25) is 9.78 Å². The van der Waals surface area contributed by atoms with Crippen molar-refractivity contribution in [1.82, 2.24) is 10.3 Å². The largest absolute Gasteiger partial charge is 0.480 e. The second-order valence-electron chi connectivity index (χ2n) is 4.55. The van der Waals surface area contributed by atoms with Gasteiger partial charge in [-0.15, -0.1) is 0 Å². The van der Waals surface area contributed by atoms with Gasteiger partial charge < -0.3 is 10.4 Å². The van der Waals surface area contributed by atoms with Crippen LogP contribution in [0.25, 0.3) is 0 Å². The molecule has 0 saturated carbocycles. The summed E-state index contributed by atoms with van der Waals surface area (Å²) < 4.78 is 0.735. The quantitative estimate of drug-likeness (QED) is 0.832. The van der Waals surface area contributed by atoms with E-state index >= 15 is 0 Å². The maximum Gasteiger partial charge on any atom is 0.326 e. The Balaban J connectivity index is 2.15. The maximum absolute atomic E-state index is 12.0. The monoisotopic (exact) mass is 382 g/mol. The Hall–Kier alpha value is -1.92. The molecule has 1 aromatic heterocycles. The summed E-state index contributed by atoms with van der Waals surface area (Å²) in [6, 6.07) is 7.20. The highest BCUT2D eigenvalue weighted by atomic mass is 79.9. The molecule has 1 atom stereocenters. The van der Waals surface area contributed by atoms with Gasteiger partial charge in [0, 0.05) is 28.3 Å². The summed E-state index contributed by atoms with van der Waals surface area (Å²) in [4.78, 5) is 27.3. The van der Waals surface area contributed by atoms with Gasteiger partial charge in [-0.25, -0.2) is 4.79 Å². The van der Waals surface area contributed by atoms with Crippen LogP contribution in [-0.2, 0) is 11.2 Å². The molecule has 0 fully saturated rings. The predicted octanol–water partition coefficient (Wildman–Crippen LogP) is 2.92. The number of carboxylic acids is 1. The van der Waals surface area contributed by atoms with E-state index in [-0.39, 0.29) is 6.42 Å². The number of halogens is 2. The number of rotatable bonds is 5. The lowest BCUT2D eigenvalue weighted by atomic mass is 10.1. The zero-order chi connectivity index (χ0) is 16.1. The van der Waals surface area contributed by atoms with E-state index in [1.807, 2.05) is 0 Å². The number of aromatic nitrogens is 1. The van der Waals surface area contributed by atoms with Crippen LogP contribution in [-0.4, -0.2) is 28.0 Å². The Kier molecular flexibility index (Phi) is 5.51. The van der Waals surface area contributed by atoms with Crippen LogP contribution >= 0.6 is 27.5 Å². The highest BCUT2D eigenvalue weighted by Gasteiger charge is 2.22. The zero-order valence-corrected chi connectivity index (χ0v) is 13.6. The average molecular weight is 384 g/mol. The molecule has 1 aromatic carbocycles. The molecule has 0 aliphatic carbocycles. The van der Waals surface area contributed by atoms with Crippen molar-refractivity contribution in [1.29, 1.82) is 0 Å². The van der Waals surface area contributed by atoms with Crippen molar-refractivity contribution in [3.63, 3.8) is 0 Å². The van der Waals surface area contributed by atoms with Gasteiger partial charge in [0.05, 0.1) is 5.56 Å². The van der Waals surface area contributed by atoms with Gasteiger partial charge in [0.15, 0.2) is 0 Å². The van der Waals surface area contributed by atoms with E-state index in [0.717, 1.165) is 4.47 Å². The van der Waals surface area contributed by atoms with Crippen molar-refractivity contribution < 1.29 is 14.7 Å². The first-order chi connectivity index (χ1) is 10.5. The summed E-state index contributed by atoms with van der Waals surface area (Å²) in [5.74, 6) is -1.61. The van der Waals surface area contributed by atoms with Gasteiger partial charge in [0.1, 0.15) is 6.04 Å². The Bertz CT molecular complexity index is 694. The number of amides is 1. The third-order valence-electron chi connectivity index (χ3n) is 2.96. The van der Waals surface area contributed by atoms with E-state index in [4.69, 9.17) is 11.6 Å². The first-order valence-corrected chi connectivity index (χ1v) is 7.52. The molecular formula is C15H12BrClN2O3. The number of carboxylic acid groups (broad SMARTS) is 1. The smallest absolute Gasteiger partial charge is 0.326 e. The Morgan fingerprint density at radius 2 is 2.14 bits per heavy atom. The minimum Gasteiger partial charge on any atom is -0.480 e. The number of nitrogens with one attached hydrogen (secondary N) is 1. The molecule has 0 aliphatic rings. The summed E-state index contributed by atoms with van der Waals surface area (Å²) in [6.07, 6.45) is 3.03. The number of benzene rings is 1. The van der Waals surface area contributed by atoms with Crippen LogP contribution in [0.15, 0.2) is 47.2 Å². The molecule has 0 unspecified atom stereocenters. The van der Waals surface area contributed by atoms with Crippen LogP contribution < -0.4 is 5.32 Å². The molecule has 0 radical (unpaired) electrons. The summed E-state index contributed by atoms with van der Waals surface area (Å²) >= 11 is 9.26. The number of carbonyl (C=O) groups is 2. The van der Waals surface area contributed by atoms with Crippen molar-refractivity contribution in [3.05, 3.63) is 63.3 Å². The third-order valence-corrected chi connectivity index (χ3v) is 3.97. The molecule has 0 aliphatic heterocycles. The number of hydrogen-bond donors (Lipinski definition) is 2. The van der Waals surface area contributed by atoms with Crippen LogP contribution in [0, 0.1) is 0 Å². The van der Waals surface area contributed by atoms with Crippen LogP contribution in [0.5, 0.6) is 0 Å². The van der Waals surface area contributed by atoms with Crippen molar-refractivity contribution >= 4 is 39.4 Å². The molecule has 114 valence electrons. The lowest BCUT2D eigenvalue weighted by Crippen LogP contribution is -2.42. The minimum atomic E-state index is -1.12. The number of carbonyl (C=O) groups excluding carboxylic acids is 1. The fraction of sp³-hybridized carbons (Fsp3) is 0.133. The first kappa shape index (κ1) is 16.5. The third kappa shape index (κ3) is 4.29. The molecule has 1 heterocycles. The molecule has 7 heteroatoms. The van der Waals surface area contributed by atoms with E-state index in [9.17, 15) is 14.7 Å². The number of aliphatic carboxylic acids is 1. The van der Waals surface area contributed by atoms with Crippen molar-refractivity contribution in [2.75, 3.05) is 0 Å². The van der Waals surface area contributed by atoms with Gasteiger partial charge in [0.25, 0.3) is 5.91 Å². The number of nitrogens with zero attached hydrogens (tertiary/aromatic N) is 1. The van der Waals surface area contributed by atoms with Crippen LogP contribution in [0.4, 0.5) is 0 Å². The molecule has 0 saturated heterocycles. The van der Waals surface area contributed by atoms with Crippen LogP contribution in [0.2, 0.25) is 5.02 Å². The molecule has 0 spiro atoms. The minimum absolute atomic E-state index is 0.114. The van der Waals surface area contributed by atoms with E-state index in [2.05, 4.69) is 26.2 Å². The van der Waals surface area contributed by atoms with E-state index in [1.54, 1.807) is 30.3 Å². The standard InChI is InChI=1S/C15H12BrClN2O3/c16-12-4-3-11(17)6-10(12)7-13(15(21)22)19-14(20)9-2-1-5-18-8-9/h1-6,8,13H,7H2,(H,19,20)(H,21,22)/t13-/m0/s1. The van der Waals surface area contributed by atoms with Crippen molar-refractivity contribution in [2.45, 2.75) is 12.5 Å². The lowest BCUT2D eigenvalue weighted by Gasteiger charge is -2.15. The van der Waals surface area contributed by atoms with Gasteiger partial charge in [-0.1, -0.05) is 27.5 Å². The summed E-state index contributed by atoms with van der Waals surface area (Å²) in [5.41, 5.74) is 1.00. The van der Waals surface area contributed by atoms with Crippen molar-refractivity contribution in [3.8, 4) is 0 Å². The van der Waals surface area contributed by atoms with Gasteiger partial charge in [-0.05, 0) is 35.9 Å². The predicted molar refractivity (Wildman–Crippen MR) is 86.0 cm³/mol. The molecule has 2 rings (SSSR count). The zero-order valence-electron chi connectivity index (χ0n) is 11.3. The van der Waals surface area contributed by atoms with E-state index in [0.29, 0.717) is 16.1 Å². The first-order valence-electron chi connectivity index (χ1n) is 6.35. The molecule has 1 amide bonds. The second kappa shape index (κ2) is 7.38. The number of pyridine rings is 1. The summed E-state index contributed by atoms with van der Waals surface area (Å²) in [5, 5.41) is 12.3. The fourth-order valence-corrected chi connectivity index (χ4v) is 2.46. The topological polar surface area (TPSA) is 79.3 Å². The highest BCUT2D eigenvalue weighted by Crippen LogP contribution is 2.22. The maximum atomic E-state index is 12.0. The van der Waals surface area contributed by atoms with Gasteiger partial charge >= 0.3 is 5.97 Å². The Labute approximate surface area is 140 Å². The molecule has 0 bridgehead atoms. The second-order valence-corrected chi connectivity index (χ2v) is 5.84. The average Bonchev–Trinajstić information content (AvgIpc) is 2.50. The van der Waals surface area contributed by atoms with Crippen LogP contribution in [0.3, 0.4) is 0 Å². The van der Waals surface area contributed by atoms with E-state index in [1.165, 1.54) is 12.4 Å². The molecule has 2 N–H and O–H groups in total. The molecule has 5 nitrogen and oxygen atoms in total. The normalized spacial score (nSPS) is 11.7. The highest BCUT2D eigenvalue weighted by molar-refractivity contribution is 9.10. The van der Waals surface area contributed by atoms with Gasteiger partial charge in [0.2, 0.25) is 0 Å². The summed E-state index contributed by atoms with van der Waals surface area (Å²) in [7, 11) is 0.